The Bertz CT molecular complexity index is 918. The molecule has 0 heterocycles. The number of nitrogens with one attached hydrogen (secondary N) is 1. The number of anilines is 1. The highest BCUT2D eigenvalue weighted by Gasteiger charge is 2.21. The lowest BCUT2D eigenvalue weighted by atomic mass is 10.1. The molecular weight excluding hydrogens is 354 g/mol. The standard InChI is InChI=1S/C18H15N3O6/c1-11(27-18(23)13-5-3-12(10-19)4-6-13)17(22)20-15-8-7-14(21(24)25)9-16(15)26-2/h3-9,11H,1-2H3,(H,20,22)/t11-/m1/s1. The molecule has 2 aromatic rings. The average molecular weight is 369 g/mol. The maximum absolute atomic E-state index is 12.2. The van der Waals surface area contributed by atoms with Crippen molar-refractivity contribution in [3.05, 3.63) is 63.7 Å². The summed E-state index contributed by atoms with van der Waals surface area (Å²) in [6.45, 7) is 1.38. The first kappa shape index (κ1) is 19.4. The van der Waals surface area contributed by atoms with E-state index in [-0.39, 0.29) is 22.7 Å². The van der Waals surface area contributed by atoms with Crippen LogP contribution in [-0.4, -0.2) is 30.0 Å². The second-order valence-electron chi connectivity index (χ2n) is 5.37. The fourth-order valence-corrected chi connectivity index (χ4v) is 2.09. The van der Waals surface area contributed by atoms with Gasteiger partial charge in [0.1, 0.15) is 5.75 Å². The molecule has 0 fully saturated rings. The summed E-state index contributed by atoms with van der Waals surface area (Å²) < 4.78 is 10.1. The first-order valence-electron chi connectivity index (χ1n) is 7.70. The molecule has 1 N–H and O–H groups in total. The predicted octanol–water partition coefficient (Wildman–Crippen LogP) is 2.66. The predicted molar refractivity (Wildman–Crippen MR) is 94.3 cm³/mol. The number of hydrogen-bond donors (Lipinski definition) is 1. The number of nitrogens with zero attached hydrogens (tertiary/aromatic N) is 2. The van der Waals surface area contributed by atoms with E-state index in [2.05, 4.69) is 5.32 Å². The zero-order chi connectivity index (χ0) is 20.0. The number of esters is 1. The topological polar surface area (TPSA) is 132 Å². The third-order valence-electron chi connectivity index (χ3n) is 3.56. The molecule has 0 unspecified atom stereocenters. The minimum atomic E-state index is -1.13. The van der Waals surface area contributed by atoms with E-state index in [0.29, 0.717) is 5.56 Å². The summed E-state index contributed by atoms with van der Waals surface area (Å²) in [4.78, 5) is 34.5. The molecule has 0 aromatic heterocycles. The third kappa shape index (κ3) is 4.79. The molecule has 2 rings (SSSR count). The van der Waals surface area contributed by atoms with Crippen molar-refractivity contribution in [2.45, 2.75) is 13.0 Å². The molecule has 0 aliphatic rings. The third-order valence-corrected chi connectivity index (χ3v) is 3.56. The Hall–Kier alpha value is -3.93. The molecular formula is C18H15N3O6. The Balaban J connectivity index is 2.05. The van der Waals surface area contributed by atoms with Crippen molar-refractivity contribution in [3.8, 4) is 11.8 Å². The number of nitro benzene ring substituents is 1. The van der Waals surface area contributed by atoms with Crippen LogP contribution in [-0.2, 0) is 9.53 Å². The van der Waals surface area contributed by atoms with Crippen molar-refractivity contribution in [2.24, 2.45) is 0 Å². The highest BCUT2D eigenvalue weighted by molar-refractivity contribution is 5.98. The van der Waals surface area contributed by atoms with Gasteiger partial charge in [0.2, 0.25) is 0 Å². The van der Waals surface area contributed by atoms with Gasteiger partial charge < -0.3 is 14.8 Å². The van der Waals surface area contributed by atoms with Gasteiger partial charge in [-0.3, -0.25) is 14.9 Å². The highest BCUT2D eigenvalue weighted by atomic mass is 16.6. The number of amides is 1. The van der Waals surface area contributed by atoms with Gasteiger partial charge in [-0.2, -0.15) is 5.26 Å². The highest BCUT2D eigenvalue weighted by Crippen LogP contribution is 2.29. The summed E-state index contributed by atoms with van der Waals surface area (Å²) in [6, 6.07) is 11.4. The summed E-state index contributed by atoms with van der Waals surface area (Å²) in [5.41, 5.74) is 0.601. The molecule has 2 aromatic carbocycles. The van der Waals surface area contributed by atoms with Gasteiger partial charge in [0, 0.05) is 6.07 Å². The molecule has 0 saturated carbocycles. The lowest BCUT2D eigenvalue weighted by Crippen LogP contribution is -2.30. The quantitative estimate of drug-likeness (QED) is 0.470. The van der Waals surface area contributed by atoms with E-state index in [9.17, 15) is 19.7 Å². The fourth-order valence-electron chi connectivity index (χ4n) is 2.09. The summed E-state index contributed by atoms with van der Waals surface area (Å²) in [5, 5.41) is 22.0. The number of rotatable bonds is 6. The zero-order valence-corrected chi connectivity index (χ0v) is 14.5. The Morgan fingerprint density at radius 1 is 1.22 bits per heavy atom. The lowest BCUT2D eigenvalue weighted by molar-refractivity contribution is -0.384. The molecule has 1 atom stereocenters. The monoisotopic (exact) mass is 369 g/mol. The Labute approximate surface area is 154 Å². The van der Waals surface area contributed by atoms with Gasteiger partial charge in [-0.25, -0.2) is 4.79 Å². The summed E-state index contributed by atoms with van der Waals surface area (Å²) in [6.07, 6.45) is -1.13. The SMILES string of the molecule is COc1cc([N+](=O)[O-])ccc1NC(=O)[C@@H](C)OC(=O)c1ccc(C#N)cc1. The molecule has 27 heavy (non-hydrogen) atoms. The van der Waals surface area contributed by atoms with E-state index in [1.807, 2.05) is 6.07 Å². The van der Waals surface area contributed by atoms with Crippen LogP contribution in [0.25, 0.3) is 0 Å². The van der Waals surface area contributed by atoms with E-state index in [0.717, 1.165) is 0 Å². The maximum Gasteiger partial charge on any atom is 0.338 e. The van der Waals surface area contributed by atoms with Gasteiger partial charge in [0.05, 0.1) is 41.0 Å². The minimum Gasteiger partial charge on any atom is -0.494 e. The number of methoxy groups -OCH3 is 1. The van der Waals surface area contributed by atoms with Crippen LogP contribution in [0.2, 0.25) is 0 Å². The molecule has 0 bridgehead atoms. The van der Waals surface area contributed by atoms with Gasteiger partial charge in [-0.05, 0) is 37.3 Å². The van der Waals surface area contributed by atoms with Crippen molar-refractivity contribution < 1.29 is 24.0 Å². The number of hydrogen-bond acceptors (Lipinski definition) is 7. The molecule has 0 saturated heterocycles. The van der Waals surface area contributed by atoms with Gasteiger partial charge in [-0.15, -0.1) is 0 Å². The van der Waals surface area contributed by atoms with Crippen LogP contribution in [0.15, 0.2) is 42.5 Å². The van der Waals surface area contributed by atoms with E-state index in [1.54, 1.807) is 0 Å². The van der Waals surface area contributed by atoms with Crippen LogP contribution in [0.3, 0.4) is 0 Å². The second kappa shape index (κ2) is 8.44. The Morgan fingerprint density at radius 2 is 1.89 bits per heavy atom. The van der Waals surface area contributed by atoms with Crippen LogP contribution < -0.4 is 10.1 Å². The van der Waals surface area contributed by atoms with Gasteiger partial charge >= 0.3 is 5.97 Å². The maximum atomic E-state index is 12.2. The van der Waals surface area contributed by atoms with Crippen LogP contribution in [0.5, 0.6) is 5.75 Å². The van der Waals surface area contributed by atoms with Gasteiger partial charge in [-0.1, -0.05) is 0 Å². The second-order valence-corrected chi connectivity index (χ2v) is 5.37. The van der Waals surface area contributed by atoms with Crippen molar-refractivity contribution >= 4 is 23.3 Å². The molecule has 0 aliphatic carbocycles. The zero-order valence-electron chi connectivity index (χ0n) is 14.5. The number of nitriles is 1. The molecule has 9 nitrogen and oxygen atoms in total. The first-order chi connectivity index (χ1) is 12.8. The number of carbonyl (C=O) groups excluding carboxylic acids is 2. The molecule has 1 amide bonds. The fraction of sp³-hybridized carbons (Fsp3) is 0.167. The van der Waals surface area contributed by atoms with E-state index in [4.69, 9.17) is 14.7 Å². The van der Waals surface area contributed by atoms with Gasteiger partial charge in [0.15, 0.2) is 6.10 Å². The normalized spacial score (nSPS) is 11.0. The molecule has 138 valence electrons. The van der Waals surface area contributed by atoms with Crippen molar-refractivity contribution in [1.29, 1.82) is 5.26 Å². The lowest BCUT2D eigenvalue weighted by Gasteiger charge is -2.15. The summed E-state index contributed by atoms with van der Waals surface area (Å²) in [5.74, 6) is -1.26. The van der Waals surface area contributed by atoms with E-state index >= 15 is 0 Å². The van der Waals surface area contributed by atoms with Crippen molar-refractivity contribution in [2.75, 3.05) is 12.4 Å². The van der Waals surface area contributed by atoms with Crippen molar-refractivity contribution in [1.82, 2.24) is 0 Å². The molecule has 0 radical (unpaired) electrons. The number of nitro groups is 1. The number of ether oxygens (including phenoxy) is 2. The molecule has 0 aliphatic heterocycles. The van der Waals surface area contributed by atoms with Crippen molar-refractivity contribution in [3.63, 3.8) is 0 Å². The van der Waals surface area contributed by atoms with Crippen LogP contribution in [0.4, 0.5) is 11.4 Å². The van der Waals surface area contributed by atoms with E-state index < -0.39 is 22.9 Å². The minimum absolute atomic E-state index is 0.100. The average Bonchev–Trinajstić information content (AvgIpc) is 2.67. The number of benzene rings is 2. The smallest absolute Gasteiger partial charge is 0.338 e. The van der Waals surface area contributed by atoms with Crippen LogP contribution in [0, 0.1) is 21.4 Å². The molecule has 0 spiro atoms. The Kier molecular flexibility index (Phi) is 6.06. The summed E-state index contributed by atoms with van der Waals surface area (Å²) in [7, 11) is 1.31. The van der Waals surface area contributed by atoms with Gasteiger partial charge in [0.25, 0.3) is 11.6 Å². The first-order valence-corrected chi connectivity index (χ1v) is 7.70. The van der Waals surface area contributed by atoms with Crippen LogP contribution >= 0.6 is 0 Å². The number of non-ortho nitro benzene ring substituents is 1. The molecule has 9 heteroatoms. The largest absolute Gasteiger partial charge is 0.494 e. The van der Waals surface area contributed by atoms with Crippen LogP contribution in [0.1, 0.15) is 22.8 Å². The Morgan fingerprint density at radius 3 is 2.44 bits per heavy atom. The summed E-state index contributed by atoms with van der Waals surface area (Å²) >= 11 is 0. The van der Waals surface area contributed by atoms with E-state index in [1.165, 1.54) is 56.5 Å². The number of carbonyl (C=O) groups is 2.